The molecule has 3 aromatic carbocycles. The van der Waals surface area contributed by atoms with E-state index in [9.17, 15) is 13.2 Å². The Bertz CT molecular complexity index is 1310. The Morgan fingerprint density at radius 3 is 2.24 bits per heavy atom. The number of carbonyl (C=O) groups excluding carboxylic acids is 1. The molecule has 0 saturated carbocycles. The summed E-state index contributed by atoms with van der Waals surface area (Å²) in [6, 6.07) is 21.6. The second kappa shape index (κ2) is 12.9. The lowest BCUT2D eigenvalue weighted by Crippen LogP contribution is -2.25. The number of unbranched alkanes of at least 4 members (excludes halogenated alkanes) is 1. The third-order valence-electron chi connectivity index (χ3n) is 5.45. The minimum Gasteiger partial charge on any atom is -0.465 e. The number of ether oxygens (including phenoxy) is 2. The van der Waals surface area contributed by atoms with Crippen LogP contribution in [-0.4, -0.2) is 53.4 Å². The molecule has 8 nitrogen and oxygen atoms in total. The second-order valence-corrected chi connectivity index (χ2v) is 10.3. The lowest BCUT2D eigenvalue weighted by molar-refractivity contribution is 0.0600. The summed E-state index contributed by atoms with van der Waals surface area (Å²) in [6.45, 7) is 3.18. The van der Waals surface area contributed by atoms with E-state index in [0.717, 1.165) is 18.4 Å². The molecule has 37 heavy (non-hydrogen) atoms. The van der Waals surface area contributed by atoms with Gasteiger partial charge in [0.15, 0.2) is 5.75 Å². The number of hydrogen-bond acceptors (Lipinski definition) is 6. The molecule has 9 heteroatoms. The van der Waals surface area contributed by atoms with Gasteiger partial charge in [0.05, 0.1) is 18.4 Å². The van der Waals surface area contributed by atoms with Crippen molar-refractivity contribution in [2.24, 2.45) is 4.40 Å². The lowest BCUT2D eigenvalue weighted by Gasteiger charge is -2.28. The van der Waals surface area contributed by atoms with Crippen LogP contribution >= 0.6 is 0 Å². The van der Waals surface area contributed by atoms with Gasteiger partial charge in [0.25, 0.3) is 10.0 Å². The van der Waals surface area contributed by atoms with E-state index in [2.05, 4.69) is 11.3 Å². The molecule has 0 fully saturated rings. The van der Waals surface area contributed by atoms with Crippen LogP contribution in [0.15, 0.2) is 82.1 Å². The first-order valence-electron chi connectivity index (χ1n) is 12.0. The first kappa shape index (κ1) is 27.7. The van der Waals surface area contributed by atoms with Gasteiger partial charge in [-0.3, -0.25) is 0 Å². The highest BCUT2D eigenvalue weighted by Gasteiger charge is 2.28. The standard InChI is InChI=1S/C28H33N3O5S/c1-5-6-17-31(20-22-13-9-7-10-14-22)25-18-23(28(32)35-4)19-26(37(33,34)29-21-30(2)3)27(25)36-24-15-11-8-12-16-24/h7-16,18-19,21H,5-6,17,20H2,1-4H3/b29-21+. The number of sulfonamides is 1. The van der Waals surface area contributed by atoms with Crippen LogP contribution in [0.25, 0.3) is 0 Å². The van der Waals surface area contributed by atoms with E-state index in [1.807, 2.05) is 41.3 Å². The lowest BCUT2D eigenvalue weighted by atomic mass is 10.1. The van der Waals surface area contributed by atoms with Crippen LogP contribution in [0.2, 0.25) is 0 Å². The van der Waals surface area contributed by atoms with Crippen molar-refractivity contribution in [2.75, 3.05) is 32.6 Å². The monoisotopic (exact) mass is 523 g/mol. The van der Waals surface area contributed by atoms with Gasteiger partial charge in [-0.05, 0) is 36.2 Å². The van der Waals surface area contributed by atoms with Gasteiger partial charge >= 0.3 is 5.97 Å². The smallest absolute Gasteiger partial charge is 0.337 e. The van der Waals surface area contributed by atoms with Crippen molar-refractivity contribution in [3.8, 4) is 11.5 Å². The summed E-state index contributed by atoms with van der Waals surface area (Å²) in [5, 5.41) is 0. The van der Waals surface area contributed by atoms with E-state index in [1.54, 1.807) is 44.4 Å². The zero-order valence-electron chi connectivity index (χ0n) is 21.6. The highest BCUT2D eigenvalue weighted by molar-refractivity contribution is 7.90. The molecule has 0 spiro atoms. The van der Waals surface area contributed by atoms with Gasteiger partial charge in [0.1, 0.15) is 17.0 Å². The molecular weight excluding hydrogens is 490 g/mol. The largest absolute Gasteiger partial charge is 0.465 e. The van der Waals surface area contributed by atoms with Gasteiger partial charge in [-0.2, -0.15) is 8.42 Å². The van der Waals surface area contributed by atoms with Crippen LogP contribution in [0, 0.1) is 0 Å². The first-order valence-corrected chi connectivity index (χ1v) is 13.4. The number of esters is 1. The van der Waals surface area contributed by atoms with Crippen LogP contribution in [0.5, 0.6) is 11.5 Å². The number of anilines is 1. The summed E-state index contributed by atoms with van der Waals surface area (Å²) < 4.78 is 42.0. The van der Waals surface area contributed by atoms with Crippen LogP contribution in [0.1, 0.15) is 35.7 Å². The molecule has 0 bridgehead atoms. The number of carbonyl (C=O) groups is 1. The van der Waals surface area contributed by atoms with E-state index in [4.69, 9.17) is 9.47 Å². The summed E-state index contributed by atoms with van der Waals surface area (Å²) in [5.74, 6) is -0.102. The summed E-state index contributed by atoms with van der Waals surface area (Å²) in [6.07, 6.45) is 2.97. The van der Waals surface area contributed by atoms with Crippen molar-refractivity contribution in [1.82, 2.24) is 4.90 Å². The molecule has 0 unspecified atom stereocenters. The van der Waals surface area contributed by atoms with Crippen molar-refractivity contribution < 1.29 is 22.7 Å². The summed E-state index contributed by atoms with van der Waals surface area (Å²) in [4.78, 5) is 16.0. The van der Waals surface area contributed by atoms with E-state index in [0.29, 0.717) is 24.5 Å². The van der Waals surface area contributed by atoms with Gasteiger partial charge in [0, 0.05) is 27.2 Å². The van der Waals surface area contributed by atoms with Gasteiger partial charge in [-0.1, -0.05) is 61.9 Å². The Labute approximate surface area is 219 Å². The van der Waals surface area contributed by atoms with Gasteiger partial charge in [-0.25, -0.2) is 4.79 Å². The minimum absolute atomic E-state index is 0.0890. The van der Waals surface area contributed by atoms with Crippen molar-refractivity contribution in [2.45, 2.75) is 31.2 Å². The van der Waals surface area contributed by atoms with Crippen molar-refractivity contribution in [1.29, 1.82) is 0 Å². The van der Waals surface area contributed by atoms with Crippen LogP contribution < -0.4 is 9.64 Å². The molecule has 0 aliphatic heterocycles. The summed E-state index contributed by atoms with van der Waals surface area (Å²) in [5.41, 5.74) is 1.58. The summed E-state index contributed by atoms with van der Waals surface area (Å²) in [7, 11) is 0.346. The maximum Gasteiger partial charge on any atom is 0.337 e. The minimum atomic E-state index is -4.25. The van der Waals surface area contributed by atoms with Crippen molar-refractivity contribution in [3.05, 3.63) is 83.9 Å². The maximum absolute atomic E-state index is 13.5. The Morgan fingerprint density at radius 1 is 1.00 bits per heavy atom. The predicted octanol–water partition coefficient (Wildman–Crippen LogP) is 5.35. The highest BCUT2D eigenvalue weighted by atomic mass is 32.2. The first-order chi connectivity index (χ1) is 17.7. The van der Waals surface area contributed by atoms with E-state index in [-0.39, 0.29) is 16.2 Å². The van der Waals surface area contributed by atoms with Crippen molar-refractivity contribution >= 4 is 28.0 Å². The van der Waals surface area contributed by atoms with E-state index >= 15 is 0 Å². The predicted molar refractivity (Wildman–Crippen MR) is 146 cm³/mol. The molecule has 0 radical (unpaired) electrons. The van der Waals surface area contributed by atoms with Gasteiger partial charge in [0.2, 0.25) is 0 Å². The fourth-order valence-corrected chi connectivity index (χ4v) is 4.69. The molecule has 0 saturated heterocycles. The zero-order valence-corrected chi connectivity index (χ0v) is 22.4. The molecule has 3 aromatic rings. The zero-order chi connectivity index (χ0) is 26.8. The number of hydrogen-bond donors (Lipinski definition) is 0. The van der Waals surface area contributed by atoms with Crippen LogP contribution in [0.3, 0.4) is 0 Å². The molecule has 0 aliphatic rings. The molecule has 0 aromatic heterocycles. The highest BCUT2D eigenvalue weighted by Crippen LogP contribution is 2.41. The number of para-hydroxylation sites is 1. The van der Waals surface area contributed by atoms with Gasteiger partial charge < -0.3 is 19.3 Å². The number of benzene rings is 3. The quantitative estimate of drug-likeness (QED) is 0.180. The Morgan fingerprint density at radius 2 is 1.65 bits per heavy atom. The van der Waals surface area contributed by atoms with Gasteiger partial charge in [-0.15, -0.1) is 4.40 Å². The molecule has 0 atom stereocenters. The normalized spacial score (nSPS) is 11.4. The average molecular weight is 524 g/mol. The topological polar surface area (TPSA) is 88.5 Å². The third-order valence-corrected chi connectivity index (χ3v) is 6.68. The molecular formula is C28H33N3O5S. The fraction of sp³-hybridized carbons (Fsp3) is 0.286. The number of methoxy groups -OCH3 is 1. The van der Waals surface area contributed by atoms with E-state index < -0.39 is 16.0 Å². The fourth-order valence-electron chi connectivity index (χ4n) is 3.61. The van der Waals surface area contributed by atoms with Crippen LogP contribution in [-0.2, 0) is 21.3 Å². The Balaban J connectivity index is 2.30. The Hall–Kier alpha value is -3.85. The second-order valence-electron chi connectivity index (χ2n) is 8.65. The van der Waals surface area contributed by atoms with E-state index in [1.165, 1.54) is 24.4 Å². The Kier molecular flexibility index (Phi) is 9.68. The molecule has 0 N–H and O–H groups in total. The average Bonchev–Trinajstić information content (AvgIpc) is 2.90. The number of nitrogens with zero attached hydrogens (tertiary/aromatic N) is 3. The molecule has 0 aliphatic carbocycles. The summed E-state index contributed by atoms with van der Waals surface area (Å²) >= 11 is 0. The van der Waals surface area contributed by atoms with Crippen molar-refractivity contribution in [3.63, 3.8) is 0 Å². The maximum atomic E-state index is 13.5. The molecule has 3 rings (SSSR count). The third kappa shape index (κ3) is 7.57. The SMILES string of the molecule is CCCCN(Cc1ccccc1)c1cc(C(=O)OC)cc(S(=O)(=O)/N=C/N(C)C)c1Oc1ccccc1. The number of rotatable bonds is 12. The molecule has 0 amide bonds. The van der Waals surface area contributed by atoms with Crippen LogP contribution in [0.4, 0.5) is 5.69 Å². The molecule has 0 heterocycles. The molecule has 196 valence electrons.